The number of carbonyl (C=O) groups is 1. The highest BCUT2D eigenvalue weighted by molar-refractivity contribution is 6.32. The van der Waals surface area contributed by atoms with Crippen molar-refractivity contribution in [2.75, 3.05) is 10.2 Å². The standard InChI is InChI=1S/C28H19Cl3N8O2/c29-18-5-9-21(10-6-18)41-25-12-8-20(14-22(25)31)39(28-32-23-11-7-19(30)13-24(23)33-28)15-16-1-3-17(4-2-16)26(40)34-27-35-37-38-36-27/h1-14H,15H2,(H,32,33)(H2,34,35,36,37,38,40). The average Bonchev–Trinajstić information content (AvgIpc) is 3.64. The van der Waals surface area contributed by atoms with Gasteiger partial charge in [0.2, 0.25) is 5.95 Å². The molecule has 4 aromatic carbocycles. The molecule has 1 amide bonds. The third kappa shape index (κ3) is 6.09. The minimum absolute atomic E-state index is 0.0932. The van der Waals surface area contributed by atoms with Crippen molar-refractivity contribution in [3.8, 4) is 11.5 Å². The predicted molar refractivity (Wildman–Crippen MR) is 158 cm³/mol. The second-order valence-electron chi connectivity index (χ2n) is 8.87. The third-order valence-electron chi connectivity index (χ3n) is 6.08. The van der Waals surface area contributed by atoms with Gasteiger partial charge in [-0.3, -0.25) is 10.1 Å². The van der Waals surface area contributed by atoms with Gasteiger partial charge in [-0.2, -0.15) is 5.21 Å². The number of hydrogen-bond acceptors (Lipinski definition) is 7. The van der Waals surface area contributed by atoms with Crippen molar-refractivity contribution >= 4 is 69.3 Å². The number of amides is 1. The van der Waals surface area contributed by atoms with E-state index < -0.39 is 0 Å². The summed E-state index contributed by atoms with van der Waals surface area (Å²) >= 11 is 18.9. The highest BCUT2D eigenvalue weighted by Gasteiger charge is 2.18. The summed E-state index contributed by atoms with van der Waals surface area (Å²) in [7, 11) is 0. The molecule has 13 heteroatoms. The van der Waals surface area contributed by atoms with E-state index in [9.17, 15) is 4.79 Å². The Balaban J connectivity index is 1.29. The number of nitrogens with one attached hydrogen (secondary N) is 3. The fourth-order valence-electron chi connectivity index (χ4n) is 4.09. The van der Waals surface area contributed by atoms with Crippen molar-refractivity contribution < 1.29 is 9.53 Å². The van der Waals surface area contributed by atoms with Gasteiger partial charge in [0, 0.05) is 21.3 Å². The Labute approximate surface area is 248 Å². The number of carbonyl (C=O) groups excluding carboxylic acids is 1. The van der Waals surface area contributed by atoms with Gasteiger partial charge in [0.25, 0.3) is 11.9 Å². The Kier molecular flexibility index (Phi) is 7.43. The molecule has 0 radical (unpaired) electrons. The fourth-order valence-corrected chi connectivity index (χ4v) is 4.60. The molecule has 3 N–H and O–H groups in total. The van der Waals surface area contributed by atoms with Gasteiger partial charge in [0.05, 0.1) is 22.6 Å². The largest absolute Gasteiger partial charge is 0.456 e. The molecule has 0 saturated heterocycles. The van der Waals surface area contributed by atoms with Gasteiger partial charge in [-0.05, 0) is 83.6 Å². The van der Waals surface area contributed by atoms with Gasteiger partial charge in [-0.25, -0.2) is 4.98 Å². The normalized spacial score (nSPS) is 11.0. The summed E-state index contributed by atoms with van der Waals surface area (Å²) in [5.74, 6) is 1.43. The van der Waals surface area contributed by atoms with Crippen LogP contribution in [0.5, 0.6) is 11.5 Å². The summed E-state index contributed by atoms with van der Waals surface area (Å²) in [6, 6.07) is 25.1. The molecule has 0 aliphatic heterocycles. The molecule has 6 rings (SSSR count). The van der Waals surface area contributed by atoms with Crippen molar-refractivity contribution in [1.29, 1.82) is 0 Å². The second kappa shape index (κ2) is 11.5. The van der Waals surface area contributed by atoms with Gasteiger partial charge >= 0.3 is 0 Å². The van der Waals surface area contributed by atoms with Crippen molar-refractivity contribution in [2.45, 2.75) is 6.54 Å². The van der Waals surface area contributed by atoms with Gasteiger partial charge in [-0.1, -0.05) is 52.0 Å². The summed E-state index contributed by atoms with van der Waals surface area (Å²) in [5, 5.41) is 17.4. The minimum Gasteiger partial charge on any atom is -0.456 e. The molecule has 0 atom stereocenters. The quantitative estimate of drug-likeness (QED) is 0.165. The second-order valence-corrected chi connectivity index (χ2v) is 10.1. The first-order valence-corrected chi connectivity index (χ1v) is 13.3. The molecule has 0 aliphatic rings. The summed E-state index contributed by atoms with van der Waals surface area (Å²) in [6.45, 7) is 0.411. The zero-order valence-corrected chi connectivity index (χ0v) is 23.2. The van der Waals surface area contributed by atoms with Crippen molar-refractivity contribution in [3.05, 3.63) is 111 Å². The Morgan fingerprint density at radius 1 is 0.902 bits per heavy atom. The summed E-state index contributed by atoms with van der Waals surface area (Å²) in [5.41, 5.74) is 3.67. The first kappa shape index (κ1) is 26.6. The Hall–Kier alpha value is -4.64. The van der Waals surface area contributed by atoms with Crippen LogP contribution in [-0.2, 0) is 6.54 Å². The molecule has 6 aromatic rings. The van der Waals surface area contributed by atoms with E-state index in [1.807, 2.05) is 35.2 Å². The maximum absolute atomic E-state index is 12.5. The number of tetrazole rings is 1. The van der Waals surface area contributed by atoms with Crippen LogP contribution >= 0.6 is 34.8 Å². The number of hydrogen-bond donors (Lipinski definition) is 3. The zero-order chi connectivity index (χ0) is 28.3. The van der Waals surface area contributed by atoms with E-state index >= 15 is 0 Å². The van der Waals surface area contributed by atoms with Gasteiger partial charge in [-0.15, -0.1) is 5.10 Å². The lowest BCUT2D eigenvalue weighted by molar-refractivity contribution is 0.102. The topological polar surface area (TPSA) is 125 Å². The molecule has 2 heterocycles. The molecule has 0 unspecified atom stereocenters. The maximum Gasteiger partial charge on any atom is 0.270 e. The molecule has 0 bridgehead atoms. The Bertz CT molecular complexity index is 1820. The number of imidazole rings is 1. The van der Waals surface area contributed by atoms with Crippen molar-refractivity contribution in [1.82, 2.24) is 30.6 Å². The average molecular weight is 606 g/mol. The van der Waals surface area contributed by atoms with E-state index in [-0.39, 0.29) is 11.9 Å². The van der Waals surface area contributed by atoms with E-state index in [4.69, 9.17) is 44.5 Å². The predicted octanol–water partition coefficient (Wildman–Crippen LogP) is 7.42. The number of fused-ring (bicyclic) bond motifs is 1. The van der Waals surface area contributed by atoms with Crippen LogP contribution in [-0.4, -0.2) is 36.5 Å². The Morgan fingerprint density at radius 2 is 1.68 bits per heavy atom. The summed E-state index contributed by atoms with van der Waals surface area (Å²) in [6.07, 6.45) is 0. The lowest BCUT2D eigenvalue weighted by Gasteiger charge is -2.23. The van der Waals surface area contributed by atoms with Crippen LogP contribution < -0.4 is 15.0 Å². The number of rotatable bonds is 8. The number of anilines is 3. The molecule has 0 spiro atoms. The molecular formula is C28H19Cl3N8O2. The number of aromatic nitrogens is 6. The van der Waals surface area contributed by atoms with E-state index in [1.165, 1.54) is 0 Å². The van der Waals surface area contributed by atoms with Crippen LogP contribution in [0, 0.1) is 0 Å². The Morgan fingerprint density at radius 3 is 2.41 bits per heavy atom. The van der Waals surface area contributed by atoms with Gasteiger partial charge in [0.15, 0.2) is 0 Å². The number of halogens is 3. The van der Waals surface area contributed by atoms with Crippen LogP contribution in [0.2, 0.25) is 15.1 Å². The van der Waals surface area contributed by atoms with Crippen LogP contribution in [0.15, 0.2) is 84.9 Å². The fraction of sp³-hybridized carbons (Fsp3) is 0.0357. The lowest BCUT2D eigenvalue weighted by atomic mass is 10.1. The molecular weight excluding hydrogens is 587 g/mol. The van der Waals surface area contributed by atoms with E-state index in [0.717, 1.165) is 22.3 Å². The molecule has 0 fully saturated rings. The van der Waals surface area contributed by atoms with E-state index in [0.29, 0.717) is 44.6 Å². The number of benzene rings is 4. The summed E-state index contributed by atoms with van der Waals surface area (Å²) < 4.78 is 5.96. The molecule has 0 saturated carbocycles. The number of ether oxygens (including phenoxy) is 1. The third-order valence-corrected chi connectivity index (χ3v) is 6.87. The highest BCUT2D eigenvalue weighted by atomic mass is 35.5. The molecule has 204 valence electrons. The van der Waals surface area contributed by atoms with Crippen molar-refractivity contribution in [2.24, 2.45) is 0 Å². The maximum atomic E-state index is 12.5. The number of nitrogens with zero attached hydrogens (tertiary/aromatic N) is 5. The zero-order valence-electron chi connectivity index (χ0n) is 21.0. The smallest absolute Gasteiger partial charge is 0.270 e. The highest BCUT2D eigenvalue weighted by Crippen LogP contribution is 2.36. The van der Waals surface area contributed by atoms with Crippen LogP contribution in [0.4, 0.5) is 17.6 Å². The van der Waals surface area contributed by atoms with E-state index in [2.05, 4.69) is 30.9 Å². The molecule has 41 heavy (non-hydrogen) atoms. The summed E-state index contributed by atoms with van der Waals surface area (Å²) in [4.78, 5) is 22.6. The number of H-pyrrole nitrogens is 2. The minimum atomic E-state index is -0.355. The van der Waals surface area contributed by atoms with Crippen LogP contribution in [0.25, 0.3) is 11.0 Å². The molecule has 10 nitrogen and oxygen atoms in total. The molecule has 2 aromatic heterocycles. The van der Waals surface area contributed by atoms with Crippen LogP contribution in [0.3, 0.4) is 0 Å². The van der Waals surface area contributed by atoms with Crippen LogP contribution in [0.1, 0.15) is 15.9 Å². The van der Waals surface area contributed by atoms with Gasteiger partial charge < -0.3 is 14.6 Å². The molecule has 0 aliphatic carbocycles. The first-order chi connectivity index (χ1) is 19.9. The lowest BCUT2D eigenvalue weighted by Crippen LogP contribution is -2.18. The first-order valence-electron chi connectivity index (χ1n) is 12.2. The van der Waals surface area contributed by atoms with Gasteiger partial charge in [0.1, 0.15) is 11.5 Å². The van der Waals surface area contributed by atoms with Crippen molar-refractivity contribution in [3.63, 3.8) is 0 Å². The SMILES string of the molecule is O=C(Nc1nn[nH]n1)c1ccc(CN(c2ccc(Oc3ccc(Cl)cc3)c(Cl)c2)c2nc3ccc(Cl)cc3[nH]2)cc1. The number of aromatic amines is 2. The van der Waals surface area contributed by atoms with E-state index in [1.54, 1.807) is 54.6 Å². The monoisotopic (exact) mass is 604 g/mol.